The van der Waals surface area contributed by atoms with Gasteiger partial charge in [0.25, 0.3) is 0 Å². The first-order chi connectivity index (χ1) is 9.17. The molecule has 2 rings (SSSR count). The maximum absolute atomic E-state index is 6.54. The van der Waals surface area contributed by atoms with Crippen molar-refractivity contribution in [3.63, 3.8) is 0 Å². The topological polar surface area (TPSA) is 9.23 Å². The Bertz CT molecular complexity index is 594. The van der Waals surface area contributed by atoms with Crippen LogP contribution in [0.2, 0.25) is 39.3 Å². The van der Waals surface area contributed by atoms with E-state index >= 15 is 0 Å². The molecular weight excluding hydrogens is 276 g/mol. The fourth-order valence-corrected chi connectivity index (χ4v) is 6.97. The van der Waals surface area contributed by atoms with Gasteiger partial charge in [0.05, 0.1) is 13.8 Å². The molecule has 0 saturated heterocycles. The van der Waals surface area contributed by atoms with E-state index in [0.717, 1.165) is 0 Å². The molecule has 0 bridgehead atoms. The molecule has 3 heteroatoms. The third-order valence-electron chi connectivity index (χ3n) is 3.33. The molecule has 0 saturated carbocycles. The van der Waals surface area contributed by atoms with Crippen molar-refractivity contribution >= 4 is 27.2 Å². The number of hydrogen-bond donors (Lipinski definition) is 0. The van der Waals surface area contributed by atoms with E-state index in [1.54, 1.807) is 0 Å². The summed E-state index contributed by atoms with van der Waals surface area (Å²) < 4.78 is 6.54. The van der Waals surface area contributed by atoms with Gasteiger partial charge in [-0.05, 0) is 42.0 Å². The van der Waals surface area contributed by atoms with E-state index in [1.165, 1.54) is 16.3 Å². The molecule has 1 unspecified atom stereocenters. The number of fused-ring (bicyclic) bond motifs is 1. The molecular formula is C17H26OSi2. The fourth-order valence-electron chi connectivity index (χ4n) is 2.47. The van der Waals surface area contributed by atoms with Gasteiger partial charge < -0.3 is 4.43 Å². The monoisotopic (exact) mass is 302 g/mol. The van der Waals surface area contributed by atoms with Gasteiger partial charge in [0, 0.05) is 0 Å². The van der Waals surface area contributed by atoms with Crippen LogP contribution in [0.4, 0.5) is 0 Å². The van der Waals surface area contributed by atoms with Gasteiger partial charge in [0.2, 0.25) is 0 Å². The third kappa shape index (κ3) is 3.81. The van der Waals surface area contributed by atoms with Crippen LogP contribution in [-0.2, 0) is 4.43 Å². The third-order valence-corrected chi connectivity index (χ3v) is 6.54. The Morgan fingerprint density at radius 1 is 0.800 bits per heavy atom. The normalized spacial score (nSPS) is 14.5. The van der Waals surface area contributed by atoms with E-state index in [9.17, 15) is 0 Å². The summed E-state index contributed by atoms with van der Waals surface area (Å²) in [6.45, 7) is 14.0. The molecule has 0 fully saturated rings. The fraction of sp³-hybridized carbons (Fsp3) is 0.412. The molecule has 2 aromatic carbocycles. The predicted molar refractivity (Wildman–Crippen MR) is 94.5 cm³/mol. The molecule has 1 atom stereocenters. The largest absolute Gasteiger partial charge is 0.414 e. The summed E-state index contributed by atoms with van der Waals surface area (Å²) in [4.78, 5) is 0. The Kier molecular flexibility index (Phi) is 4.23. The number of hydrogen-bond acceptors (Lipinski definition) is 1. The van der Waals surface area contributed by atoms with Crippen LogP contribution in [0.1, 0.15) is 11.3 Å². The minimum absolute atomic E-state index is 0.291. The van der Waals surface area contributed by atoms with Crippen molar-refractivity contribution in [2.75, 3.05) is 0 Å². The van der Waals surface area contributed by atoms with E-state index in [4.69, 9.17) is 4.43 Å². The molecule has 0 aliphatic carbocycles. The Morgan fingerprint density at radius 3 is 1.95 bits per heavy atom. The lowest BCUT2D eigenvalue weighted by Gasteiger charge is -2.35. The molecule has 0 spiro atoms. The second-order valence-electron chi connectivity index (χ2n) is 7.58. The summed E-state index contributed by atoms with van der Waals surface area (Å²) in [5, 5.41) is 2.62. The van der Waals surface area contributed by atoms with Crippen molar-refractivity contribution in [3.05, 3.63) is 48.0 Å². The zero-order valence-electron chi connectivity index (χ0n) is 13.5. The van der Waals surface area contributed by atoms with E-state index in [2.05, 4.69) is 81.7 Å². The Morgan fingerprint density at radius 2 is 1.40 bits per heavy atom. The predicted octanol–water partition coefficient (Wildman–Crippen LogP) is 5.61. The van der Waals surface area contributed by atoms with E-state index < -0.39 is 16.4 Å². The Hall–Kier alpha value is -0.906. The van der Waals surface area contributed by atoms with Gasteiger partial charge in [-0.1, -0.05) is 56.0 Å². The van der Waals surface area contributed by atoms with Crippen LogP contribution in [0, 0.1) is 0 Å². The van der Waals surface area contributed by atoms with Gasteiger partial charge >= 0.3 is 0 Å². The molecule has 0 heterocycles. The summed E-state index contributed by atoms with van der Waals surface area (Å²) >= 11 is 0. The first-order valence-electron chi connectivity index (χ1n) is 7.33. The van der Waals surface area contributed by atoms with Crippen molar-refractivity contribution in [1.29, 1.82) is 0 Å². The van der Waals surface area contributed by atoms with Gasteiger partial charge in [-0.3, -0.25) is 0 Å². The SMILES string of the molecule is C[Si](C)(C)OC(c1ccc2ccccc2c1)[Si](C)(C)C. The lowest BCUT2D eigenvalue weighted by molar-refractivity contribution is 0.269. The van der Waals surface area contributed by atoms with Crippen molar-refractivity contribution in [2.45, 2.75) is 45.0 Å². The van der Waals surface area contributed by atoms with Crippen LogP contribution in [0.5, 0.6) is 0 Å². The van der Waals surface area contributed by atoms with Crippen molar-refractivity contribution in [1.82, 2.24) is 0 Å². The van der Waals surface area contributed by atoms with Crippen LogP contribution in [-0.4, -0.2) is 16.4 Å². The van der Waals surface area contributed by atoms with Crippen LogP contribution < -0.4 is 0 Å². The van der Waals surface area contributed by atoms with Crippen LogP contribution in [0.3, 0.4) is 0 Å². The molecule has 2 aromatic rings. The molecule has 1 nitrogen and oxygen atoms in total. The average molecular weight is 303 g/mol. The van der Waals surface area contributed by atoms with Crippen LogP contribution in [0.15, 0.2) is 42.5 Å². The standard InChI is InChI=1S/C17H26OSi2/c1-19(2,3)17(18-20(4,5)6)16-12-11-14-9-7-8-10-15(14)13-16/h7-13,17H,1-6H3. The second-order valence-corrected chi connectivity index (χ2v) is 17.3. The zero-order valence-corrected chi connectivity index (χ0v) is 15.5. The van der Waals surface area contributed by atoms with Crippen LogP contribution >= 0.6 is 0 Å². The Labute approximate surface area is 125 Å². The first kappa shape index (κ1) is 15.5. The molecule has 0 aliphatic rings. The quantitative estimate of drug-likeness (QED) is 0.667. The highest BCUT2D eigenvalue weighted by Crippen LogP contribution is 2.33. The summed E-state index contributed by atoms with van der Waals surface area (Å²) in [5.41, 5.74) is 1.64. The zero-order chi connectivity index (χ0) is 15.0. The Balaban J connectivity index is 2.45. The van der Waals surface area contributed by atoms with Gasteiger partial charge in [-0.2, -0.15) is 0 Å². The first-order valence-corrected chi connectivity index (χ1v) is 14.3. The minimum Gasteiger partial charge on any atom is -0.414 e. The van der Waals surface area contributed by atoms with Crippen molar-refractivity contribution in [2.24, 2.45) is 0 Å². The smallest absolute Gasteiger partial charge is 0.184 e. The molecule has 20 heavy (non-hydrogen) atoms. The molecule has 0 aliphatic heterocycles. The molecule has 0 amide bonds. The highest BCUT2D eigenvalue weighted by atomic mass is 28.4. The van der Waals surface area contributed by atoms with E-state index in [1.807, 2.05) is 0 Å². The van der Waals surface area contributed by atoms with Crippen molar-refractivity contribution in [3.8, 4) is 0 Å². The van der Waals surface area contributed by atoms with E-state index in [-0.39, 0.29) is 0 Å². The highest BCUT2D eigenvalue weighted by molar-refractivity contribution is 6.78. The van der Waals surface area contributed by atoms with Crippen molar-refractivity contribution < 1.29 is 4.43 Å². The number of benzene rings is 2. The maximum atomic E-state index is 6.54. The number of rotatable bonds is 4. The van der Waals surface area contributed by atoms with Gasteiger partial charge in [-0.15, -0.1) is 0 Å². The molecule has 0 N–H and O–H groups in total. The van der Waals surface area contributed by atoms with Gasteiger partial charge in [0.15, 0.2) is 8.32 Å². The highest BCUT2D eigenvalue weighted by Gasteiger charge is 2.33. The van der Waals surface area contributed by atoms with E-state index in [0.29, 0.717) is 5.73 Å². The maximum Gasteiger partial charge on any atom is 0.184 e. The lowest BCUT2D eigenvalue weighted by atomic mass is 10.1. The second kappa shape index (κ2) is 5.47. The average Bonchev–Trinajstić information content (AvgIpc) is 2.33. The molecule has 0 aromatic heterocycles. The lowest BCUT2D eigenvalue weighted by Crippen LogP contribution is -2.40. The summed E-state index contributed by atoms with van der Waals surface area (Å²) in [6.07, 6.45) is 0. The summed E-state index contributed by atoms with van der Waals surface area (Å²) in [6, 6.07) is 15.4. The summed E-state index contributed by atoms with van der Waals surface area (Å²) in [7, 11) is -2.96. The molecule has 108 valence electrons. The minimum atomic E-state index is -1.55. The molecule has 0 radical (unpaired) electrons. The van der Waals surface area contributed by atoms with Gasteiger partial charge in [0.1, 0.15) is 0 Å². The summed E-state index contributed by atoms with van der Waals surface area (Å²) in [5.74, 6) is 0. The van der Waals surface area contributed by atoms with Crippen LogP contribution in [0.25, 0.3) is 10.8 Å². The van der Waals surface area contributed by atoms with Gasteiger partial charge in [-0.25, -0.2) is 0 Å².